The van der Waals surface area contributed by atoms with Crippen molar-refractivity contribution in [2.24, 2.45) is 0 Å². The maximum atomic E-state index is 14.3. The Morgan fingerprint density at radius 3 is 2.43 bits per heavy atom. The zero-order valence-corrected chi connectivity index (χ0v) is 17.2. The highest BCUT2D eigenvalue weighted by molar-refractivity contribution is 5.59. The van der Waals surface area contributed by atoms with Gasteiger partial charge in [0.1, 0.15) is 5.82 Å². The van der Waals surface area contributed by atoms with Crippen LogP contribution < -0.4 is 5.69 Å². The molecular formula is C23H27FN4O2. The summed E-state index contributed by atoms with van der Waals surface area (Å²) in [4.78, 5) is 19.1. The van der Waals surface area contributed by atoms with Crippen molar-refractivity contribution < 1.29 is 9.50 Å². The number of aromatic hydroxyl groups is 1. The lowest BCUT2D eigenvalue weighted by atomic mass is 10.1. The zero-order valence-electron chi connectivity index (χ0n) is 17.2. The fourth-order valence-corrected chi connectivity index (χ4v) is 3.99. The molecule has 0 amide bonds. The molecule has 30 heavy (non-hydrogen) atoms. The Hall–Kier alpha value is -2.93. The Balaban J connectivity index is 1.51. The van der Waals surface area contributed by atoms with Gasteiger partial charge in [-0.3, -0.25) is 14.0 Å². The average molecular weight is 410 g/mol. The first-order chi connectivity index (χ1) is 14.5. The lowest BCUT2D eigenvalue weighted by Gasteiger charge is -2.26. The van der Waals surface area contributed by atoms with Crippen LogP contribution in [0, 0.1) is 5.82 Å². The van der Waals surface area contributed by atoms with E-state index in [0.29, 0.717) is 25.3 Å². The quantitative estimate of drug-likeness (QED) is 0.674. The molecule has 1 fully saturated rings. The number of halogens is 1. The summed E-state index contributed by atoms with van der Waals surface area (Å²) in [6.07, 6.45) is 5.01. The van der Waals surface area contributed by atoms with Crippen molar-refractivity contribution in [2.45, 2.75) is 45.8 Å². The summed E-state index contributed by atoms with van der Waals surface area (Å²) in [6.45, 7) is 5.14. The van der Waals surface area contributed by atoms with Gasteiger partial charge >= 0.3 is 5.69 Å². The van der Waals surface area contributed by atoms with Crippen molar-refractivity contribution in [3.8, 4) is 17.1 Å². The lowest BCUT2D eigenvalue weighted by Crippen LogP contribution is -2.29. The van der Waals surface area contributed by atoms with Crippen LogP contribution in [0.25, 0.3) is 11.3 Å². The Bertz CT molecular complexity index is 1070. The summed E-state index contributed by atoms with van der Waals surface area (Å²) in [5.41, 5.74) is 2.83. The van der Waals surface area contributed by atoms with Gasteiger partial charge in [-0.1, -0.05) is 30.7 Å². The van der Waals surface area contributed by atoms with Crippen LogP contribution in [0.5, 0.6) is 5.88 Å². The zero-order chi connectivity index (χ0) is 21.1. The minimum atomic E-state index is -0.263. The van der Waals surface area contributed by atoms with E-state index in [2.05, 4.69) is 9.88 Å². The smallest absolute Gasteiger partial charge is 0.331 e. The van der Waals surface area contributed by atoms with Crippen LogP contribution in [-0.2, 0) is 19.6 Å². The predicted molar refractivity (Wildman–Crippen MR) is 114 cm³/mol. The first kappa shape index (κ1) is 20.3. The summed E-state index contributed by atoms with van der Waals surface area (Å²) in [5, 5.41) is 9.85. The van der Waals surface area contributed by atoms with Crippen molar-refractivity contribution in [2.75, 3.05) is 13.1 Å². The van der Waals surface area contributed by atoms with Gasteiger partial charge in [0.25, 0.3) is 0 Å². The molecule has 1 aliphatic heterocycles. The standard InChI is InChI=1S/C23H27FN4O2/c1-2-28-22(29)16-27(23(28)30)14-17-6-8-18(9-7-17)20-11-10-19(24)21(25-20)15-26-12-4-3-5-13-26/h6-11,16,29H,2-5,12-15H2,1H3. The number of benzene rings is 1. The molecule has 3 heterocycles. The molecule has 4 rings (SSSR count). The number of rotatable bonds is 6. The Morgan fingerprint density at radius 1 is 1.03 bits per heavy atom. The van der Waals surface area contributed by atoms with Gasteiger partial charge < -0.3 is 5.11 Å². The van der Waals surface area contributed by atoms with Gasteiger partial charge in [-0.25, -0.2) is 14.2 Å². The molecule has 0 aliphatic carbocycles. The minimum Gasteiger partial charge on any atom is -0.493 e. The summed E-state index contributed by atoms with van der Waals surface area (Å²) in [5.74, 6) is -0.295. The molecule has 0 unspecified atom stereocenters. The Kier molecular flexibility index (Phi) is 5.99. The molecule has 6 nitrogen and oxygen atoms in total. The number of imidazole rings is 1. The third kappa shape index (κ3) is 4.31. The predicted octanol–water partition coefficient (Wildman–Crippen LogP) is 3.61. The van der Waals surface area contributed by atoms with Crippen LogP contribution in [-0.4, -0.2) is 37.2 Å². The van der Waals surface area contributed by atoms with Crippen LogP contribution in [0.4, 0.5) is 4.39 Å². The van der Waals surface area contributed by atoms with Gasteiger partial charge in [-0.2, -0.15) is 0 Å². The molecule has 0 bridgehead atoms. The summed E-state index contributed by atoms with van der Waals surface area (Å²) in [6, 6.07) is 10.9. The lowest BCUT2D eigenvalue weighted by molar-refractivity contribution is 0.215. The molecular weight excluding hydrogens is 383 g/mol. The molecule has 158 valence electrons. The van der Waals surface area contributed by atoms with Crippen LogP contribution in [0.1, 0.15) is 37.4 Å². The van der Waals surface area contributed by atoms with Gasteiger partial charge in [-0.15, -0.1) is 0 Å². The monoisotopic (exact) mass is 410 g/mol. The molecule has 2 aromatic heterocycles. The molecule has 0 atom stereocenters. The fourth-order valence-electron chi connectivity index (χ4n) is 3.99. The third-order valence-electron chi connectivity index (χ3n) is 5.68. The molecule has 1 N–H and O–H groups in total. The second-order valence-corrected chi connectivity index (χ2v) is 7.80. The second kappa shape index (κ2) is 8.83. The number of likely N-dealkylation sites (tertiary alicyclic amines) is 1. The highest BCUT2D eigenvalue weighted by Crippen LogP contribution is 2.21. The van der Waals surface area contributed by atoms with E-state index >= 15 is 0 Å². The summed E-state index contributed by atoms with van der Waals surface area (Å²) >= 11 is 0. The van der Waals surface area contributed by atoms with E-state index in [-0.39, 0.29) is 17.4 Å². The van der Waals surface area contributed by atoms with E-state index in [0.717, 1.165) is 42.8 Å². The van der Waals surface area contributed by atoms with Gasteiger partial charge in [-0.05, 0) is 50.6 Å². The SMILES string of the molecule is CCn1c(O)cn(Cc2ccc(-c3ccc(F)c(CN4CCCCC4)n3)cc2)c1=O. The van der Waals surface area contributed by atoms with Crippen LogP contribution in [0.2, 0.25) is 0 Å². The largest absolute Gasteiger partial charge is 0.493 e. The maximum absolute atomic E-state index is 14.3. The van der Waals surface area contributed by atoms with Crippen molar-refractivity contribution in [3.05, 3.63) is 70.2 Å². The number of aromatic nitrogens is 3. The Morgan fingerprint density at radius 2 is 1.77 bits per heavy atom. The molecule has 1 aliphatic rings. The molecule has 0 radical (unpaired) electrons. The minimum absolute atomic E-state index is 0.0316. The van der Waals surface area contributed by atoms with E-state index in [1.165, 1.54) is 27.8 Å². The van der Waals surface area contributed by atoms with Crippen molar-refractivity contribution >= 4 is 0 Å². The van der Waals surface area contributed by atoms with E-state index in [1.54, 1.807) is 6.07 Å². The first-order valence-electron chi connectivity index (χ1n) is 10.5. The summed E-state index contributed by atoms with van der Waals surface area (Å²) < 4.78 is 17.1. The topological polar surface area (TPSA) is 63.3 Å². The molecule has 7 heteroatoms. The van der Waals surface area contributed by atoms with E-state index in [1.807, 2.05) is 31.2 Å². The first-order valence-corrected chi connectivity index (χ1v) is 10.5. The highest BCUT2D eigenvalue weighted by Gasteiger charge is 2.15. The Labute approximate surface area is 175 Å². The normalized spacial score (nSPS) is 14.9. The van der Waals surface area contributed by atoms with Gasteiger partial charge in [0, 0.05) is 18.7 Å². The van der Waals surface area contributed by atoms with Crippen molar-refractivity contribution in [1.82, 2.24) is 19.0 Å². The molecule has 0 saturated carbocycles. The average Bonchev–Trinajstić information content (AvgIpc) is 3.03. The molecule has 1 aromatic carbocycles. The van der Waals surface area contributed by atoms with Crippen LogP contribution in [0.15, 0.2) is 47.4 Å². The van der Waals surface area contributed by atoms with Crippen LogP contribution >= 0.6 is 0 Å². The van der Waals surface area contributed by atoms with E-state index in [9.17, 15) is 14.3 Å². The second-order valence-electron chi connectivity index (χ2n) is 7.80. The summed E-state index contributed by atoms with van der Waals surface area (Å²) in [7, 11) is 0. The molecule has 3 aromatic rings. The highest BCUT2D eigenvalue weighted by atomic mass is 19.1. The third-order valence-corrected chi connectivity index (χ3v) is 5.68. The van der Waals surface area contributed by atoms with E-state index < -0.39 is 0 Å². The van der Waals surface area contributed by atoms with Gasteiger partial charge in [0.05, 0.1) is 24.1 Å². The number of pyridine rings is 1. The van der Waals surface area contributed by atoms with Gasteiger partial charge in [0.2, 0.25) is 5.88 Å². The number of hydrogen-bond donors (Lipinski definition) is 1. The van der Waals surface area contributed by atoms with E-state index in [4.69, 9.17) is 0 Å². The number of nitrogens with zero attached hydrogens (tertiary/aromatic N) is 4. The van der Waals surface area contributed by atoms with Crippen molar-refractivity contribution in [1.29, 1.82) is 0 Å². The fraction of sp³-hybridized carbons (Fsp3) is 0.391. The molecule has 1 saturated heterocycles. The number of piperidine rings is 1. The van der Waals surface area contributed by atoms with Crippen molar-refractivity contribution in [3.63, 3.8) is 0 Å². The molecule has 0 spiro atoms. The van der Waals surface area contributed by atoms with Gasteiger partial charge in [0.15, 0.2) is 0 Å². The van der Waals surface area contributed by atoms with Crippen LogP contribution in [0.3, 0.4) is 0 Å². The maximum Gasteiger partial charge on any atom is 0.331 e. The number of hydrogen-bond acceptors (Lipinski definition) is 4.